The highest BCUT2D eigenvalue weighted by atomic mass is 32.1. The average molecular weight is 462 g/mol. The van der Waals surface area contributed by atoms with E-state index in [1.54, 1.807) is 23.5 Å². The zero-order chi connectivity index (χ0) is 23.2. The van der Waals surface area contributed by atoms with Gasteiger partial charge in [0, 0.05) is 24.5 Å². The first-order valence-corrected chi connectivity index (χ1v) is 11.9. The van der Waals surface area contributed by atoms with Gasteiger partial charge in [-0.25, -0.2) is 4.98 Å². The Kier molecular flexibility index (Phi) is 7.19. The summed E-state index contributed by atoms with van der Waals surface area (Å²) in [7, 11) is 0. The van der Waals surface area contributed by atoms with Crippen molar-refractivity contribution in [3.63, 3.8) is 0 Å². The van der Waals surface area contributed by atoms with E-state index in [1.807, 2.05) is 60.5 Å². The standard InChI is InChI=1S/C26H27N3O3S/c1-18-7-5-10-23(26(31)29-13-3-4-14-29)25(18)28-24(30)12-11-20-8-6-9-22(15-20)32-16-21-17-33-19(2)27-21/h5-12,15,17H,3-4,13-14,16H2,1-2H3,(H,28,30)/b12-11+. The Morgan fingerprint density at radius 2 is 1.94 bits per heavy atom. The van der Waals surface area contributed by atoms with Gasteiger partial charge in [-0.1, -0.05) is 24.3 Å². The maximum absolute atomic E-state index is 12.9. The van der Waals surface area contributed by atoms with Crippen LogP contribution in [0.3, 0.4) is 0 Å². The van der Waals surface area contributed by atoms with E-state index in [0.29, 0.717) is 23.6 Å². The molecule has 0 atom stereocenters. The number of carbonyl (C=O) groups excluding carboxylic acids is 2. The lowest BCUT2D eigenvalue weighted by Gasteiger charge is -2.19. The lowest BCUT2D eigenvalue weighted by molar-refractivity contribution is -0.111. The molecule has 1 N–H and O–H groups in total. The molecule has 1 saturated heterocycles. The predicted molar refractivity (Wildman–Crippen MR) is 132 cm³/mol. The summed E-state index contributed by atoms with van der Waals surface area (Å²) in [5.74, 6) is 0.389. The summed E-state index contributed by atoms with van der Waals surface area (Å²) in [4.78, 5) is 31.8. The fraction of sp³-hybridized carbons (Fsp3) is 0.269. The summed E-state index contributed by atoms with van der Waals surface area (Å²) < 4.78 is 5.82. The molecule has 0 radical (unpaired) electrons. The van der Waals surface area contributed by atoms with Gasteiger partial charge in [-0.05, 0) is 62.1 Å². The molecule has 7 heteroatoms. The Morgan fingerprint density at radius 1 is 1.15 bits per heavy atom. The molecular formula is C26H27N3O3S. The van der Waals surface area contributed by atoms with E-state index >= 15 is 0 Å². The molecule has 2 heterocycles. The Morgan fingerprint density at radius 3 is 2.70 bits per heavy atom. The molecule has 0 aliphatic carbocycles. The van der Waals surface area contributed by atoms with Crippen LogP contribution in [-0.4, -0.2) is 34.8 Å². The van der Waals surface area contributed by atoms with E-state index in [1.165, 1.54) is 6.08 Å². The summed E-state index contributed by atoms with van der Waals surface area (Å²) in [5, 5.41) is 5.90. The number of hydrogen-bond acceptors (Lipinski definition) is 5. The molecule has 170 valence electrons. The van der Waals surface area contributed by atoms with Crippen LogP contribution in [0.1, 0.15) is 45.0 Å². The van der Waals surface area contributed by atoms with Gasteiger partial charge in [0.2, 0.25) is 5.91 Å². The average Bonchev–Trinajstić information content (AvgIpc) is 3.49. The SMILES string of the molecule is Cc1nc(COc2cccc(/C=C/C(=O)Nc3c(C)cccc3C(=O)N3CCCC3)c2)cs1. The molecule has 0 unspecified atom stereocenters. The van der Waals surface area contributed by atoms with Crippen molar-refractivity contribution >= 4 is 34.9 Å². The molecule has 33 heavy (non-hydrogen) atoms. The quantitative estimate of drug-likeness (QED) is 0.489. The second-order valence-corrected chi connectivity index (χ2v) is 9.10. The van der Waals surface area contributed by atoms with Crippen LogP contribution in [0.15, 0.2) is 53.9 Å². The number of anilines is 1. The zero-order valence-electron chi connectivity index (χ0n) is 18.8. The molecule has 0 saturated carbocycles. The molecule has 2 amide bonds. The fourth-order valence-corrected chi connectivity index (χ4v) is 4.38. The van der Waals surface area contributed by atoms with E-state index in [4.69, 9.17) is 4.74 Å². The van der Waals surface area contributed by atoms with E-state index in [9.17, 15) is 9.59 Å². The van der Waals surface area contributed by atoms with Gasteiger partial charge < -0.3 is 15.0 Å². The van der Waals surface area contributed by atoms with Crippen LogP contribution >= 0.6 is 11.3 Å². The Bertz CT molecular complexity index is 1180. The van der Waals surface area contributed by atoms with Gasteiger partial charge in [0.1, 0.15) is 12.4 Å². The molecule has 2 aromatic carbocycles. The topological polar surface area (TPSA) is 71.5 Å². The largest absolute Gasteiger partial charge is 0.487 e. The van der Waals surface area contributed by atoms with Crippen LogP contribution in [-0.2, 0) is 11.4 Å². The number of thiazole rings is 1. The molecule has 3 aromatic rings. The lowest BCUT2D eigenvalue weighted by Crippen LogP contribution is -2.29. The van der Waals surface area contributed by atoms with Crippen molar-refractivity contribution < 1.29 is 14.3 Å². The number of aromatic nitrogens is 1. The molecule has 6 nitrogen and oxygen atoms in total. The van der Waals surface area contributed by atoms with Gasteiger partial charge in [0.25, 0.3) is 5.91 Å². The van der Waals surface area contributed by atoms with Gasteiger partial charge in [-0.15, -0.1) is 11.3 Å². The minimum atomic E-state index is -0.288. The molecule has 1 aliphatic rings. The Labute approximate surface area is 197 Å². The summed E-state index contributed by atoms with van der Waals surface area (Å²) >= 11 is 1.59. The van der Waals surface area contributed by atoms with Gasteiger partial charge in [-0.2, -0.15) is 0 Å². The van der Waals surface area contributed by atoms with Crippen molar-refractivity contribution in [3.8, 4) is 5.75 Å². The normalized spacial score (nSPS) is 13.5. The summed E-state index contributed by atoms with van der Waals surface area (Å²) in [5.41, 5.74) is 3.70. The predicted octanol–water partition coefficient (Wildman–Crippen LogP) is 5.23. The number of rotatable bonds is 7. The molecule has 1 aliphatic heterocycles. The lowest BCUT2D eigenvalue weighted by atomic mass is 10.1. The van der Waals surface area contributed by atoms with Crippen LogP contribution in [0.25, 0.3) is 6.08 Å². The third-order valence-electron chi connectivity index (χ3n) is 5.48. The van der Waals surface area contributed by atoms with E-state index in [0.717, 1.165) is 47.8 Å². The maximum Gasteiger partial charge on any atom is 0.255 e. The van der Waals surface area contributed by atoms with E-state index in [-0.39, 0.29) is 11.8 Å². The van der Waals surface area contributed by atoms with Gasteiger partial charge in [0.05, 0.1) is 22.0 Å². The summed E-state index contributed by atoms with van der Waals surface area (Å²) in [6.45, 7) is 5.79. The molecule has 1 fully saturated rings. The first kappa shape index (κ1) is 22.7. The van der Waals surface area contributed by atoms with Crippen LogP contribution in [0.2, 0.25) is 0 Å². The van der Waals surface area contributed by atoms with Gasteiger partial charge in [0.15, 0.2) is 0 Å². The Balaban J connectivity index is 1.42. The molecule has 1 aromatic heterocycles. The first-order valence-electron chi connectivity index (χ1n) is 11.0. The number of amides is 2. The van der Waals surface area contributed by atoms with Crippen LogP contribution in [0.4, 0.5) is 5.69 Å². The molecule has 0 bridgehead atoms. The number of para-hydroxylation sites is 1. The highest BCUT2D eigenvalue weighted by Crippen LogP contribution is 2.24. The fourth-order valence-electron chi connectivity index (χ4n) is 3.78. The summed E-state index contributed by atoms with van der Waals surface area (Å²) in [6.07, 6.45) is 5.25. The van der Waals surface area contributed by atoms with Crippen molar-refractivity contribution in [1.82, 2.24) is 9.88 Å². The van der Waals surface area contributed by atoms with Crippen molar-refractivity contribution in [2.45, 2.75) is 33.3 Å². The van der Waals surface area contributed by atoms with Crippen LogP contribution < -0.4 is 10.1 Å². The van der Waals surface area contributed by atoms with Gasteiger partial charge >= 0.3 is 0 Å². The molecular weight excluding hydrogens is 434 g/mol. The maximum atomic E-state index is 12.9. The minimum Gasteiger partial charge on any atom is -0.487 e. The second-order valence-electron chi connectivity index (χ2n) is 8.04. The van der Waals surface area contributed by atoms with Crippen LogP contribution in [0.5, 0.6) is 5.75 Å². The number of likely N-dealkylation sites (tertiary alicyclic amines) is 1. The third kappa shape index (κ3) is 5.87. The van der Waals surface area contributed by atoms with Crippen molar-refractivity contribution in [2.75, 3.05) is 18.4 Å². The number of hydrogen-bond donors (Lipinski definition) is 1. The monoisotopic (exact) mass is 461 g/mol. The van der Waals surface area contributed by atoms with Crippen LogP contribution in [0, 0.1) is 13.8 Å². The smallest absolute Gasteiger partial charge is 0.255 e. The summed E-state index contributed by atoms with van der Waals surface area (Å²) in [6, 6.07) is 13.1. The number of nitrogens with zero attached hydrogens (tertiary/aromatic N) is 2. The van der Waals surface area contributed by atoms with Gasteiger partial charge in [-0.3, -0.25) is 9.59 Å². The van der Waals surface area contributed by atoms with Crippen molar-refractivity contribution in [2.24, 2.45) is 0 Å². The minimum absolute atomic E-state index is 0.0318. The highest BCUT2D eigenvalue weighted by Gasteiger charge is 2.23. The number of nitrogens with one attached hydrogen (secondary N) is 1. The molecule has 0 spiro atoms. The van der Waals surface area contributed by atoms with E-state index < -0.39 is 0 Å². The number of ether oxygens (including phenoxy) is 1. The third-order valence-corrected chi connectivity index (χ3v) is 6.31. The van der Waals surface area contributed by atoms with E-state index in [2.05, 4.69) is 10.3 Å². The first-order chi connectivity index (χ1) is 16.0. The highest BCUT2D eigenvalue weighted by molar-refractivity contribution is 7.09. The van der Waals surface area contributed by atoms with Crippen molar-refractivity contribution in [3.05, 3.63) is 81.3 Å². The van der Waals surface area contributed by atoms with Crippen molar-refractivity contribution in [1.29, 1.82) is 0 Å². The number of benzene rings is 2. The number of aryl methyl sites for hydroxylation is 2. The molecule has 4 rings (SSSR count). The zero-order valence-corrected chi connectivity index (χ0v) is 19.7. The Hall–Kier alpha value is -3.45. The second kappa shape index (κ2) is 10.4. The number of carbonyl (C=O) groups is 2.